The molecule has 0 aliphatic heterocycles. The van der Waals surface area contributed by atoms with E-state index in [0.717, 1.165) is 5.75 Å². The summed E-state index contributed by atoms with van der Waals surface area (Å²) in [5, 5.41) is 2.65. The lowest BCUT2D eigenvalue weighted by atomic mass is 10.1. The first-order valence-corrected chi connectivity index (χ1v) is 6.79. The van der Waals surface area contributed by atoms with Crippen LogP contribution in [0.1, 0.15) is 5.56 Å². The molecule has 0 N–H and O–H groups in total. The zero-order valence-electron chi connectivity index (χ0n) is 10.0. The second kappa shape index (κ2) is 4.79. The van der Waals surface area contributed by atoms with Crippen LogP contribution in [0, 0.1) is 0 Å². The molecule has 0 fully saturated rings. The molecule has 0 radical (unpaired) electrons. The van der Waals surface area contributed by atoms with E-state index >= 15 is 0 Å². The molecule has 0 unspecified atom stereocenters. The average molecular weight is 231 g/mol. The van der Waals surface area contributed by atoms with Crippen molar-refractivity contribution < 1.29 is 0 Å². The highest BCUT2D eigenvalue weighted by atomic mass is 32.2. The number of fused-ring (bicyclic) bond motifs is 1. The van der Waals surface area contributed by atoms with Gasteiger partial charge in [0.05, 0.1) is 0 Å². The number of hydrogen-bond donors (Lipinski definition) is 0. The average Bonchev–Trinajstić information content (AvgIpc) is 2.28. The Bertz CT molecular complexity index is 491. The Morgan fingerprint density at radius 1 is 1.00 bits per heavy atom. The summed E-state index contributed by atoms with van der Waals surface area (Å²) in [6, 6.07) is 13.3. The largest absolute Gasteiger partial charge is 0.378 e. The zero-order valence-corrected chi connectivity index (χ0v) is 10.8. The Labute approximate surface area is 101 Å². The summed E-state index contributed by atoms with van der Waals surface area (Å²) in [5.74, 6) is 1.09. The predicted molar refractivity (Wildman–Crippen MR) is 75.5 cm³/mol. The van der Waals surface area contributed by atoms with Crippen LogP contribution >= 0.6 is 11.8 Å². The molecule has 84 valence electrons. The smallest absolute Gasteiger partial charge is 0.0367 e. The second-order valence-corrected chi connectivity index (χ2v) is 5.06. The van der Waals surface area contributed by atoms with Crippen LogP contribution in [0.2, 0.25) is 0 Å². The topological polar surface area (TPSA) is 3.24 Å². The first-order chi connectivity index (χ1) is 7.70. The summed E-state index contributed by atoms with van der Waals surface area (Å²) in [6.45, 7) is 0. The molecule has 0 bridgehead atoms. The third-order valence-corrected chi connectivity index (χ3v) is 3.34. The van der Waals surface area contributed by atoms with Crippen LogP contribution in [0.3, 0.4) is 0 Å². The summed E-state index contributed by atoms with van der Waals surface area (Å²) in [4.78, 5) is 2.13. The fourth-order valence-corrected chi connectivity index (χ4v) is 2.33. The van der Waals surface area contributed by atoms with E-state index in [1.807, 2.05) is 11.8 Å². The minimum Gasteiger partial charge on any atom is -0.378 e. The highest BCUT2D eigenvalue weighted by molar-refractivity contribution is 7.97. The van der Waals surface area contributed by atoms with Crippen LogP contribution in [-0.2, 0) is 5.75 Å². The highest BCUT2D eigenvalue weighted by Crippen LogP contribution is 2.23. The van der Waals surface area contributed by atoms with E-state index in [1.54, 1.807) is 0 Å². The Morgan fingerprint density at radius 3 is 2.38 bits per heavy atom. The van der Waals surface area contributed by atoms with Gasteiger partial charge in [-0.15, -0.1) is 0 Å². The van der Waals surface area contributed by atoms with Crippen molar-refractivity contribution >= 4 is 28.2 Å². The molecule has 0 amide bonds. The van der Waals surface area contributed by atoms with E-state index in [-0.39, 0.29) is 0 Å². The van der Waals surface area contributed by atoms with E-state index in [0.29, 0.717) is 0 Å². The lowest BCUT2D eigenvalue weighted by Crippen LogP contribution is -2.07. The monoisotopic (exact) mass is 231 g/mol. The summed E-state index contributed by atoms with van der Waals surface area (Å²) in [5.41, 5.74) is 2.66. The molecule has 0 saturated carbocycles. The highest BCUT2D eigenvalue weighted by Gasteiger charge is 1.99. The van der Waals surface area contributed by atoms with Crippen LogP contribution in [0.25, 0.3) is 10.8 Å². The minimum absolute atomic E-state index is 1.09. The zero-order chi connectivity index (χ0) is 11.5. The summed E-state index contributed by atoms with van der Waals surface area (Å²) < 4.78 is 0. The fraction of sp³-hybridized carbons (Fsp3) is 0.286. The molecular weight excluding hydrogens is 214 g/mol. The molecule has 0 aliphatic rings. The Balaban J connectivity index is 2.44. The van der Waals surface area contributed by atoms with Crippen molar-refractivity contribution in [2.24, 2.45) is 0 Å². The van der Waals surface area contributed by atoms with E-state index in [2.05, 4.69) is 61.6 Å². The molecule has 0 aliphatic carbocycles. The van der Waals surface area contributed by atoms with Gasteiger partial charge in [-0.25, -0.2) is 0 Å². The van der Waals surface area contributed by atoms with E-state index in [9.17, 15) is 0 Å². The summed E-state index contributed by atoms with van der Waals surface area (Å²) in [7, 11) is 4.15. The number of thioether (sulfide) groups is 1. The van der Waals surface area contributed by atoms with Gasteiger partial charge in [-0.3, -0.25) is 0 Å². The van der Waals surface area contributed by atoms with Crippen molar-refractivity contribution in [1.82, 2.24) is 0 Å². The number of nitrogens with zero attached hydrogens (tertiary/aromatic N) is 1. The number of anilines is 1. The molecule has 0 spiro atoms. The molecule has 0 atom stereocenters. The maximum atomic E-state index is 2.28. The predicted octanol–water partition coefficient (Wildman–Crippen LogP) is 3.77. The number of rotatable bonds is 3. The summed E-state index contributed by atoms with van der Waals surface area (Å²) >= 11 is 1.86. The van der Waals surface area contributed by atoms with Crippen LogP contribution < -0.4 is 4.90 Å². The molecule has 16 heavy (non-hydrogen) atoms. The van der Waals surface area contributed by atoms with Crippen molar-refractivity contribution in [2.75, 3.05) is 25.3 Å². The number of hydrogen-bond acceptors (Lipinski definition) is 2. The van der Waals surface area contributed by atoms with Crippen molar-refractivity contribution in [3.05, 3.63) is 42.0 Å². The SMILES string of the molecule is CSCc1ccc2cc(N(C)C)ccc2c1. The van der Waals surface area contributed by atoms with Crippen molar-refractivity contribution in [3.8, 4) is 0 Å². The lowest BCUT2D eigenvalue weighted by Gasteiger charge is -2.13. The van der Waals surface area contributed by atoms with Crippen molar-refractivity contribution in [3.63, 3.8) is 0 Å². The van der Waals surface area contributed by atoms with Crippen molar-refractivity contribution in [2.45, 2.75) is 5.75 Å². The molecule has 0 saturated heterocycles. The minimum atomic E-state index is 1.09. The van der Waals surface area contributed by atoms with Gasteiger partial charge >= 0.3 is 0 Å². The van der Waals surface area contributed by atoms with Gasteiger partial charge in [0.2, 0.25) is 0 Å². The maximum absolute atomic E-state index is 2.28. The summed E-state index contributed by atoms with van der Waals surface area (Å²) in [6.07, 6.45) is 2.14. The van der Waals surface area contributed by atoms with Gasteiger partial charge in [-0.05, 0) is 34.7 Å². The van der Waals surface area contributed by atoms with Gasteiger partial charge in [-0.1, -0.05) is 24.3 Å². The molecule has 2 aromatic rings. The van der Waals surface area contributed by atoms with Gasteiger partial charge in [0.1, 0.15) is 0 Å². The molecular formula is C14H17NS. The van der Waals surface area contributed by atoms with Crippen LogP contribution in [0.15, 0.2) is 36.4 Å². The van der Waals surface area contributed by atoms with E-state index in [4.69, 9.17) is 0 Å². The first kappa shape index (κ1) is 11.3. The van der Waals surface area contributed by atoms with E-state index in [1.165, 1.54) is 22.0 Å². The quantitative estimate of drug-likeness (QED) is 0.791. The molecule has 2 rings (SSSR count). The van der Waals surface area contributed by atoms with Gasteiger partial charge in [0.15, 0.2) is 0 Å². The van der Waals surface area contributed by atoms with Crippen LogP contribution in [-0.4, -0.2) is 20.4 Å². The fourth-order valence-electron chi connectivity index (χ4n) is 1.82. The van der Waals surface area contributed by atoms with Gasteiger partial charge in [0.25, 0.3) is 0 Å². The third-order valence-electron chi connectivity index (χ3n) is 2.72. The Kier molecular flexibility index (Phi) is 3.39. The van der Waals surface area contributed by atoms with Gasteiger partial charge < -0.3 is 4.90 Å². The standard InChI is InChI=1S/C14H17NS/c1-15(2)14-7-6-12-8-11(10-16-3)4-5-13(12)9-14/h4-9H,10H2,1-3H3. The third kappa shape index (κ3) is 2.33. The van der Waals surface area contributed by atoms with Crippen LogP contribution in [0.5, 0.6) is 0 Å². The molecule has 0 aromatic heterocycles. The number of benzene rings is 2. The van der Waals surface area contributed by atoms with Gasteiger partial charge in [0, 0.05) is 25.5 Å². The molecule has 0 heterocycles. The van der Waals surface area contributed by atoms with Crippen LogP contribution in [0.4, 0.5) is 5.69 Å². The first-order valence-electron chi connectivity index (χ1n) is 5.39. The normalized spacial score (nSPS) is 10.7. The molecule has 1 nitrogen and oxygen atoms in total. The van der Waals surface area contributed by atoms with Crippen molar-refractivity contribution in [1.29, 1.82) is 0 Å². The lowest BCUT2D eigenvalue weighted by molar-refractivity contribution is 1.13. The Hall–Kier alpha value is -1.15. The van der Waals surface area contributed by atoms with E-state index < -0.39 is 0 Å². The molecule has 2 heteroatoms. The molecule has 2 aromatic carbocycles. The maximum Gasteiger partial charge on any atom is 0.0367 e. The second-order valence-electron chi connectivity index (χ2n) is 4.19. The van der Waals surface area contributed by atoms with Gasteiger partial charge in [-0.2, -0.15) is 11.8 Å². The Morgan fingerprint density at radius 2 is 1.69 bits per heavy atom.